The Kier molecular flexibility index (Phi) is 9.91. The first kappa shape index (κ1) is 31.1. The number of ether oxygens (including phenoxy) is 1. The average Bonchev–Trinajstić information content (AvgIpc) is 3.49. The second kappa shape index (κ2) is 14.0. The van der Waals surface area contributed by atoms with E-state index in [-0.39, 0.29) is 30.0 Å². The Balaban J connectivity index is 1.41. The van der Waals surface area contributed by atoms with Gasteiger partial charge in [0.05, 0.1) is 31.5 Å². The smallest absolute Gasteiger partial charge is 0.253 e. The normalized spacial score (nSPS) is 16.1. The Labute approximate surface area is 257 Å². The van der Waals surface area contributed by atoms with E-state index in [0.29, 0.717) is 35.5 Å². The molecule has 0 saturated carbocycles. The lowest BCUT2D eigenvalue weighted by molar-refractivity contribution is -0.129. The van der Waals surface area contributed by atoms with Crippen LogP contribution in [0.25, 0.3) is 11.1 Å². The van der Waals surface area contributed by atoms with Gasteiger partial charge >= 0.3 is 0 Å². The molecular weight excluding hydrogens is 560 g/mol. The number of anilines is 1. The van der Waals surface area contributed by atoms with Crippen LogP contribution in [0.3, 0.4) is 0 Å². The number of hydrogen-bond donors (Lipinski definition) is 4. The third-order valence-corrected chi connectivity index (χ3v) is 8.50. The van der Waals surface area contributed by atoms with Gasteiger partial charge in [0.15, 0.2) is 0 Å². The molecule has 234 valence electrons. The summed E-state index contributed by atoms with van der Waals surface area (Å²) in [7, 11) is 0. The lowest BCUT2D eigenvalue weighted by atomic mass is 9.96. The van der Waals surface area contributed by atoms with Gasteiger partial charge in [-0.15, -0.1) is 0 Å². The highest BCUT2D eigenvalue weighted by molar-refractivity contribution is 6.06. The van der Waals surface area contributed by atoms with E-state index in [1.54, 1.807) is 19.2 Å². The summed E-state index contributed by atoms with van der Waals surface area (Å²) < 4.78 is 7.36. The predicted molar refractivity (Wildman–Crippen MR) is 169 cm³/mol. The van der Waals surface area contributed by atoms with Crippen LogP contribution in [0.2, 0.25) is 0 Å². The minimum Gasteiger partial charge on any atom is -0.382 e. The SMILES string of the molecule is CC(=O)N1CCC(Nc2cc(-c3cnn(CCN4CCOCC4)c3)cc(C(=O)NCc3c(C)cc(C)[nH]c3=O)c2C=N)CC1. The summed E-state index contributed by atoms with van der Waals surface area (Å²) in [4.78, 5) is 45.1. The van der Waals surface area contributed by atoms with Gasteiger partial charge in [0.25, 0.3) is 11.5 Å². The molecule has 12 heteroatoms. The van der Waals surface area contributed by atoms with Crippen molar-refractivity contribution in [3.8, 4) is 11.1 Å². The molecule has 5 rings (SSSR count). The molecule has 12 nitrogen and oxygen atoms in total. The number of likely N-dealkylation sites (tertiary alicyclic amines) is 1. The first-order valence-corrected chi connectivity index (χ1v) is 15.2. The van der Waals surface area contributed by atoms with Gasteiger partial charge in [0.2, 0.25) is 5.91 Å². The first-order valence-electron chi connectivity index (χ1n) is 15.2. The van der Waals surface area contributed by atoms with Gasteiger partial charge in [-0.2, -0.15) is 5.10 Å². The number of aryl methyl sites for hydroxylation is 2. The van der Waals surface area contributed by atoms with Crippen LogP contribution in [0, 0.1) is 19.3 Å². The van der Waals surface area contributed by atoms with E-state index < -0.39 is 0 Å². The molecule has 2 aromatic heterocycles. The number of carbonyl (C=O) groups excluding carboxylic acids is 2. The van der Waals surface area contributed by atoms with Crippen molar-refractivity contribution < 1.29 is 14.3 Å². The van der Waals surface area contributed by atoms with Crippen molar-refractivity contribution in [1.82, 2.24) is 29.9 Å². The number of H-pyrrole nitrogens is 1. The number of aromatic nitrogens is 3. The van der Waals surface area contributed by atoms with Crippen LogP contribution in [0.1, 0.15) is 52.5 Å². The van der Waals surface area contributed by atoms with Crippen LogP contribution in [0.4, 0.5) is 5.69 Å². The number of benzene rings is 1. The Hall–Kier alpha value is -4.29. The number of morpholine rings is 1. The fraction of sp³-hybridized carbons (Fsp3) is 0.469. The zero-order chi connectivity index (χ0) is 31.2. The number of rotatable bonds is 10. The Morgan fingerprint density at radius 2 is 1.84 bits per heavy atom. The summed E-state index contributed by atoms with van der Waals surface area (Å²) in [6, 6.07) is 5.71. The van der Waals surface area contributed by atoms with E-state index in [9.17, 15) is 14.4 Å². The van der Waals surface area contributed by atoms with Gasteiger partial charge in [-0.3, -0.25) is 24.0 Å². The van der Waals surface area contributed by atoms with Crippen molar-refractivity contribution in [2.24, 2.45) is 0 Å². The largest absolute Gasteiger partial charge is 0.382 e. The number of amides is 2. The van der Waals surface area contributed by atoms with Crippen molar-refractivity contribution in [1.29, 1.82) is 5.41 Å². The predicted octanol–water partition coefficient (Wildman–Crippen LogP) is 2.54. The second-order valence-corrected chi connectivity index (χ2v) is 11.6. The molecule has 0 atom stereocenters. The van der Waals surface area contributed by atoms with Crippen LogP contribution < -0.4 is 16.2 Å². The molecular formula is C32H42N8O4. The summed E-state index contributed by atoms with van der Waals surface area (Å²) in [6.45, 7) is 11.5. The quantitative estimate of drug-likeness (QED) is 0.261. The van der Waals surface area contributed by atoms with Crippen LogP contribution in [0.5, 0.6) is 0 Å². The number of hydrogen-bond acceptors (Lipinski definition) is 8. The average molecular weight is 603 g/mol. The molecule has 0 bridgehead atoms. The molecule has 2 saturated heterocycles. The molecule has 0 aliphatic carbocycles. The third-order valence-electron chi connectivity index (χ3n) is 8.50. The van der Waals surface area contributed by atoms with E-state index in [2.05, 4.69) is 25.6 Å². The summed E-state index contributed by atoms with van der Waals surface area (Å²) in [5.41, 5.74) is 4.96. The molecule has 0 unspecified atom stereocenters. The second-order valence-electron chi connectivity index (χ2n) is 11.6. The lowest BCUT2D eigenvalue weighted by Crippen LogP contribution is -2.41. The molecule has 0 radical (unpaired) electrons. The molecule has 3 aromatic rings. The molecule has 0 spiro atoms. The molecule has 4 N–H and O–H groups in total. The van der Waals surface area contributed by atoms with Gasteiger partial charge < -0.3 is 30.7 Å². The number of piperidine rings is 1. The lowest BCUT2D eigenvalue weighted by Gasteiger charge is -2.32. The third kappa shape index (κ3) is 7.43. The van der Waals surface area contributed by atoms with E-state index in [1.165, 1.54) is 6.21 Å². The van der Waals surface area contributed by atoms with Gasteiger partial charge in [0.1, 0.15) is 0 Å². The molecule has 44 heavy (non-hydrogen) atoms. The minimum atomic E-state index is -0.376. The zero-order valence-electron chi connectivity index (χ0n) is 25.7. The Bertz CT molecular complexity index is 1560. The van der Waals surface area contributed by atoms with Gasteiger partial charge in [-0.05, 0) is 56.0 Å². The Morgan fingerprint density at radius 1 is 1.09 bits per heavy atom. The summed E-state index contributed by atoms with van der Waals surface area (Å²) in [5, 5.41) is 19.3. The van der Waals surface area contributed by atoms with Crippen molar-refractivity contribution in [3.05, 3.63) is 68.9 Å². The van der Waals surface area contributed by atoms with E-state index in [1.807, 2.05) is 41.8 Å². The molecule has 2 aliphatic rings. The van der Waals surface area contributed by atoms with E-state index >= 15 is 0 Å². The number of nitrogens with one attached hydrogen (secondary N) is 4. The summed E-state index contributed by atoms with van der Waals surface area (Å²) in [5.74, 6) is -0.309. The maximum Gasteiger partial charge on any atom is 0.253 e. The fourth-order valence-corrected chi connectivity index (χ4v) is 5.91. The first-order chi connectivity index (χ1) is 21.2. The topological polar surface area (TPSA) is 148 Å². The van der Waals surface area contributed by atoms with Gasteiger partial charge in [-0.25, -0.2) is 0 Å². The standard InChI is InChI=1S/C32H42N8O4/c1-21-14-22(2)36-32(43)29(21)19-34-31(42)27-15-24(25-18-35-40(20-25)9-8-38-10-12-44-13-11-38)16-30(28(27)17-33)37-26-4-6-39(7-5-26)23(3)41/h14-18,20,26,33,37H,4-13,19H2,1-3H3,(H,34,42)(H,36,43). The molecule has 2 aliphatic heterocycles. The van der Waals surface area contributed by atoms with Crippen LogP contribution in [-0.2, 0) is 22.6 Å². The van der Waals surface area contributed by atoms with Crippen LogP contribution in [0.15, 0.2) is 35.4 Å². The van der Waals surface area contributed by atoms with Crippen LogP contribution in [-0.4, -0.2) is 94.6 Å². The zero-order valence-corrected chi connectivity index (χ0v) is 25.7. The number of aromatic amines is 1. The van der Waals surface area contributed by atoms with Crippen molar-refractivity contribution >= 4 is 23.7 Å². The van der Waals surface area contributed by atoms with Crippen LogP contribution >= 0.6 is 0 Å². The van der Waals surface area contributed by atoms with Gasteiger partial charge in [0, 0.05) is 92.7 Å². The van der Waals surface area contributed by atoms with E-state index in [4.69, 9.17) is 10.1 Å². The van der Waals surface area contributed by atoms with Gasteiger partial charge in [-0.1, -0.05) is 0 Å². The number of carbonyl (C=O) groups is 2. The Morgan fingerprint density at radius 3 is 2.52 bits per heavy atom. The minimum absolute atomic E-state index is 0.0632. The number of pyridine rings is 1. The highest BCUT2D eigenvalue weighted by Crippen LogP contribution is 2.30. The maximum atomic E-state index is 13.7. The van der Waals surface area contributed by atoms with E-state index in [0.717, 1.165) is 74.6 Å². The van der Waals surface area contributed by atoms with Crippen molar-refractivity contribution in [2.75, 3.05) is 51.3 Å². The summed E-state index contributed by atoms with van der Waals surface area (Å²) in [6.07, 6.45) is 6.49. The summed E-state index contributed by atoms with van der Waals surface area (Å²) >= 11 is 0. The molecule has 2 fully saturated rings. The molecule has 2 amide bonds. The number of nitrogens with zero attached hydrogens (tertiary/aromatic N) is 4. The van der Waals surface area contributed by atoms with Crippen molar-refractivity contribution in [3.63, 3.8) is 0 Å². The van der Waals surface area contributed by atoms with Crippen molar-refractivity contribution in [2.45, 2.75) is 52.7 Å². The molecule has 1 aromatic carbocycles. The highest BCUT2D eigenvalue weighted by atomic mass is 16.5. The molecule has 4 heterocycles. The highest BCUT2D eigenvalue weighted by Gasteiger charge is 2.24. The fourth-order valence-electron chi connectivity index (χ4n) is 5.91. The maximum absolute atomic E-state index is 13.7. The monoisotopic (exact) mass is 602 g/mol.